The molecule has 0 spiro atoms. The number of nitrogens with zero attached hydrogens (tertiary/aromatic N) is 1. The van der Waals surface area contributed by atoms with Gasteiger partial charge in [0.25, 0.3) is 0 Å². The molecule has 1 unspecified atom stereocenters. The second-order valence-electron chi connectivity index (χ2n) is 6.09. The Bertz CT molecular complexity index is 483. The van der Waals surface area contributed by atoms with Crippen molar-refractivity contribution < 1.29 is 4.79 Å². The lowest BCUT2D eigenvalue weighted by atomic mass is 10.00. The van der Waals surface area contributed by atoms with Crippen LogP contribution in [0.3, 0.4) is 0 Å². The second-order valence-corrected chi connectivity index (χ2v) is 6.09. The van der Waals surface area contributed by atoms with Crippen molar-refractivity contribution in [1.29, 1.82) is 0 Å². The first-order valence-corrected chi connectivity index (χ1v) is 8.13. The van der Waals surface area contributed by atoms with E-state index in [2.05, 4.69) is 39.8 Å². The molecule has 21 heavy (non-hydrogen) atoms. The summed E-state index contributed by atoms with van der Waals surface area (Å²) in [5, 5.41) is 6.29. The molecule has 1 amide bonds. The molecule has 0 aliphatic carbocycles. The van der Waals surface area contributed by atoms with Crippen molar-refractivity contribution in [2.45, 2.75) is 38.3 Å². The SMILES string of the molecule is O=C(NCCCN1CCc2ccccc2C1)C1CCCN1. The molecule has 2 aliphatic heterocycles. The van der Waals surface area contributed by atoms with Crippen LogP contribution in [0.1, 0.15) is 30.4 Å². The number of carbonyl (C=O) groups excluding carboxylic acids is 1. The first-order valence-electron chi connectivity index (χ1n) is 8.13. The van der Waals surface area contributed by atoms with Crippen LogP contribution < -0.4 is 10.6 Å². The zero-order chi connectivity index (χ0) is 14.5. The standard InChI is InChI=1S/C17H25N3O/c21-17(16-7-3-9-18-16)19-10-4-11-20-12-8-14-5-1-2-6-15(14)13-20/h1-2,5-6,16,18H,3-4,7-13H2,(H,19,21). The van der Waals surface area contributed by atoms with Crippen LogP contribution >= 0.6 is 0 Å². The van der Waals surface area contributed by atoms with Crippen molar-refractivity contribution in [2.75, 3.05) is 26.2 Å². The van der Waals surface area contributed by atoms with Gasteiger partial charge >= 0.3 is 0 Å². The lowest BCUT2D eigenvalue weighted by Crippen LogP contribution is -2.41. The fourth-order valence-electron chi connectivity index (χ4n) is 3.29. The van der Waals surface area contributed by atoms with Crippen LogP contribution in [-0.4, -0.2) is 43.0 Å². The van der Waals surface area contributed by atoms with E-state index in [4.69, 9.17) is 0 Å². The number of fused-ring (bicyclic) bond motifs is 1. The van der Waals surface area contributed by atoms with E-state index in [9.17, 15) is 4.79 Å². The molecule has 0 aromatic heterocycles. The number of hydrogen-bond donors (Lipinski definition) is 2. The van der Waals surface area contributed by atoms with Gasteiger partial charge in [-0.15, -0.1) is 0 Å². The average Bonchev–Trinajstić information content (AvgIpc) is 3.06. The molecule has 2 aliphatic rings. The van der Waals surface area contributed by atoms with Gasteiger partial charge in [-0.2, -0.15) is 0 Å². The first kappa shape index (κ1) is 14.5. The van der Waals surface area contributed by atoms with Crippen LogP contribution in [0.4, 0.5) is 0 Å². The number of amides is 1. The highest BCUT2D eigenvalue weighted by atomic mass is 16.2. The smallest absolute Gasteiger partial charge is 0.237 e. The molecule has 1 saturated heterocycles. The van der Waals surface area contributed by atoms with Crippen molar-refractivity contribution >= 4 is 5.91 Å². The second kappa shape index (κ2) is 7.05. The van der Waals surface area contributed by atoms with Crippen LogP contribution in [0, 0.1) is 0 Å². The molecule has 4 nitrogen and oxygen atoms in total. The monoisotopic (exact) mass is 287 g/mol. The van der Waals surface area contributed by atoms with E-state index in [-0.39, 0.29) is 11.9 Å². The Morgan fingerprint density at radius 3 is 3.00 bits per heavy atom. The topological polar surface area (TPSA) is 44.4 Å². The third-order valence-electron chi connectivity index (χ3n) is 4.54. The third kappa shape index (κ3) is 3.83. The summed E-state index contributed by atoms with van der Waals surface area (Å²) in [7, 11) is 0. The fraction of sp³-hybridized carbons (Fsp3) is 0.588. The summed E-state index contributed by atoms with van der Waals surface area (Å²) in [4.78, 5) is 14.4. The Hall–Kier alpha value is -1.39. The van der Waals surface area contributed by atoms with E-state index < -0.39 is 0 Å². The molecule has 4 heteroatoms. The summed E-state index contributed by atoms with van der Waals surface area (Å²) in [6, 6.07) is 8.77. The zero-order valence-corrected chi connectivity index (χ0v) is 12.6. The molecule has 1 aromatic carbocycles. The number of carbonyl (C=O) groups is 1. The lowest BCUT2D eigenvalue weighted by molar-refractivity contribution is -0.122. The minimum Gasteiger partial charge on any atom is -0.355 e. The van der Waals surface area contributed by atoms with E-state index in [1.807, 2.05) is 0 Å². The van der Waals surface area contributed by atoms with E-state index in [1.54, 1.807) is 0 Å². The van der Waals surface area contributed by atoms with Crippen LogP contribution in [0.5, 0.6) is 0 Å². The molecular formula is C17H25N3O. The minimum atomic E-state index is 0.0480. The van der Waals surface area contributed by atoms with Gasteiger partial charge in [-0.25, -0.2) is 0 Å². The Kier molecular flexibility index (Phi) is 4.88. The highest BCUT2D eigenvalue weighted by Gasteiger charge is 2.21. The Labute approximate surface area is 126 Å². The van der Waals surface area contributed by atoms with E-state index in [1.165, 1.54) is 11.1 Å². The van der Waals surface area contributed by atoms with Gasteiger partial charge in [-0.05, 0) is 43.4 Å². The minimum absolute atomic E-state index is 0.0480. The Balaban J connectivity index is 1.36. The van der Waals surface area contributed by atoms with Gasteiger partial charge < -0.3 is 10.6 Å². The largest absolute Gasteiger partial charge is 0.355 e. The van der Waals surface area contributed by atoms with Crippen LogP contribution in [0.2, 0.25) is 0 Å². The summed E-state index contributed by atoms with van der Waals surface area (Å²) >= 11 is 0. The van der Waals surface area contributed by atoms with Crippen molar-refractivity contribution in [3.63, 3.8) is 0 Å². The van der Waals surface area contributed by atoms with Gasteiger partial charge in [0.2, 0.25) is 5.91 Å². The third-order valence-corrected chi connectivity index (χ3v) is 4.54. The molecule has 0 radical (unpaired) electrons. The summed E-state index contributed by atoms with van der Waals surface area (Å²) < 4.78 is 0. The van der Waals surface area contributed by atoms with Gasteiger partial charge in [0.05, 0.1) is 6.04 Å². The van der Waals surface area contributed by atoms with Crippen molar-refractivity contribution in [3.8, 4) is 0 Å². The summed E-state index contributed by atoms with van der Waals surface area (Å²) in [5.74, 6) is 0.177. The summed E-state index contributed by atoms with van der Waals surface area (Å²) in [5.41, 5.74) is 2.96. The quantitative estimate of drug-likeness (QED) is 0.803. The predicted octanol–water partition coefficient (Wildman–Crippen LogP) is 1.30. The van der Waals surface area contributed by atoms with Gasteiger partial charge in [-0.1, -0.05) is 24.3 Å². The molecule has 1 fully saturated rings. The molecule has 114 valence electrons. The van der Waals surface area contributed by atoms with Gasteiger partial charge in [0, 0.05) is 26.2 Å². The number of nitrogens with one attached hydrogen (secondary N) is 2. The van der Waals surface area contributed by atoms with Gasteiger partial charge in [-0.3, -0.25) is 9.69 Å². The summed E-state index contributed by atoms with van der Waals surface area (Å²) in [6.45, 7) is 5.01. The first-order chi connectivity index (χ1) is 10.3. The van der Waals surface area contributed by atoms with Crippen molar-refractivity contribution in [1.82, 2.24) is 15.5 Å². The Morgan fingerprint density at radius 2 is 2.19 bits per heavy atom. The van der Waals surface area contributed by atoms with Crippen LogP contribution in [0.15, 0.2) is 24.3 Å². The van der Waals surface area contributed by atoms with Crippen molar-refractivity contribution in [2.24, 2.45) is 0 Å². The predicted molar refractivity (Wildman–Crippen MR) is 84.1 cm³/mol. The fourth-order valence-corrected chi connectivity index (χ4v) is 3.29. The molecule has 2 N–H and O–H groups in total. The molecule has 2 heterocycles. The maximum Gasteiger partial charge on any atom is 0.237 e. The molecule has 1 aromatic rings. The normalized spacial score (nSPS) is 22.0. The highest BCUT2D eigenvalue weighted by molar-refractivity contribution is 5.81. The molecule has 0 saturated carbocycles. The molecule has 0 bridgehead atoms. The maximum atomic E-state index is 11.9. The number of hydrogen-bond acceptors (Lipinski definition) is 3. The lowest BCUT2D eigenvalue weighted by Gasteiger charge is -2.28. The molecule has 1 atom stereocenters. The van der Waals surface area contributed by atoms with E-state index in [0.29, 0.717) is 0 Å². The maximum absolute atomic E-state index is 11.9. The number of rotatable bonds is 5. The molecular weight excluding hydrogens is 262 g/mol. The van der Waals surface area contributed by atoms with Gasteiger partial charge in [0.15, 0.2) is 0 Å². The van der Waals surface area contributed by atoms with E-state index >= 15 is 0 Å². The zero-order valence-electron chi connectivity index (χ0n) is 12.6. The van der Waals surface area contributed by atoms with E-state index in [0.717, 1.165) is 58.4 Å². The number of benzene rings is 1. The van der Waals surface area contributed by atoms with Crippen molar-refractivity contribution in [3.05, 3.63) is 35.4 Å². The Morgan fingerprint density at radius 1 is 1.33 bits per heavy atom. The average molecular weight is 287 g/mol. The van der Waals surface area contributed by atoms with Gasteiger partial charge in [0.1, 0.15) is 0 Å². The van der Waals surface area contributed by atoms with Crippen LogP contribution in [-0.2, 0) is 17.8 Å². The summed E-state index contributed by atoms with van der Waals surface area (Å²) in [6.07, 6.45) is 4.27. The molecule has 3 rings (SSSR count). The van der Waals surface area contributed by atoms with Crippen LogP contribution in [0.25, 0.3) is 0 Å². The highest BCUT2D eigenvalue weighted by Crippen LogP contribution is 2.18.